The molecule has 2 aromatic rings. The minimum Gasteiger partial charge on any atom is -0.334 e. The van der Waals surface area contributed by atoms with Crippen LogP contribution in [0.2, 0.25) is 10.0 Å². The molecule has 1 aromatic heterocycles. The second-order valence-corrected chi connectivity index (χ2v) is 7.09. The van der Waals surface area contributed by atoms with Gasteiger partial charge in [-0.15, -0.1) is 0 Å². The van der Waals surface area contributed by atoms with Crippen molar-refractivity contribution in [1.29, 1.82) is 0 Å². The quantitative estimate of drug-likeness (QED) is 0.780. The van der Waals surface area contributed by atoms with Crippen molar-refractivity contribution < 1.29 is 0 Å². The lowest BCUT2D eigenvalue weighted by Crippen LogP contribution is -2.46. The number of nitrogens with zero attached hydrogens (tertiary/aromatic N) is 4. The van der Waals surface area contributed by atoms with Gasteiger partial charge in [0.05, 0.1) is 0 Å². The molecule has 0 spiro atoms. The van der Waals surface area contributed by atoms with E-state index in [4.69, 9.17) is 23.2 Å². The fourth-order valence-electron chi connectivity index (χ4n) is 3.17. The van der Waals surface area contributed by atoms with E-state index in [0.29, 0.717) is 5.02 Å². The van der Waals surface area contributed by atoms with Crippen LogP contribution in [0.3, 0.4) is 0 Å². The Labute approximate surface area is 154 Å². The third kappa shape index (κ3) is 4.51. The minimum absolute atomic E-state index is 0.694. The van der Waals surface area contributed by atoms with Crippen LogP contribution in [0.15, 0.2) is 30.6 Å². The summed E-state index contributed by atoms with van der Waals surface area (Å²) >= 11 is 12.2. The molecule has 0 saturated carbocycles. The molecule has 3 rings (SSSR count). The Balaban J connectivity index is 1.45. The van der Waals surface area contributed by atoms with E-state index in [1.54, 1.807) is 0 Å². The summed E-state index contributed by atoms with van der Waals surface area (Å²) in [6, 6.07) is 5.77. The highest BCUT2D eigenvalue weighted by atomic mass is 35.5. The van der Waals surface area contributed by atoms with Crippen molar-refractivity contribution >= 4 is 23.2 Å². The van der Waals surface area contributed by atoms with Crippen LogP contribution in [-0.4, -0.2) is 52.1 Å². The molecule has 0 N–H and O–H groups in total. The van der Waals surface area contributed by atoms with E-state index in [-0.39, 0.29) is 0 Å². The summed E-state index contributed by atoms with van der Waals surface area (Å²) in [6.45, 7) is 9.49. The van der Waals surface area contributed by atoms with E-state index < -0.39 is 0 Å². The highest BCUT2D eigenvalue weighted by Crippen LogP contribution is 2.22. The molecule has 1 aliphatic heterocycles. The highest BCUT2D eigenvalue weighted by Gasteiger charge is 2.17. The standard InChI is InChI=1S/C18H24Cl2N4/c1-2-18-21-5-6-24(18)12-11-22-7-9-23(10-8-22)14-15-3-4-16(19)13-17(15)20/h3-6,13H,2,7-12,14H2,1H3. The van der Waals surface area contributed by atoms with Gasteiger partial charge in [0.1, 0.15) is 5.82 Å². The Hall–Kier alpha value is -1.07. The van der Waals surface area contributed by atoms with Crippen LogP contribution in [0, 0.1) is 0 Å². The monoisotopic (exact) mass is 366 g/mol. The molecule has 6 heteroatoms. The van der Waals surface area contributed by atoms with Crippen molar-refractivity contribution in [1.82, 2.24) is 19.4 Å². The SMILES string of the molecule is CCc1nccn1CCN1CCN(Cc2ccc(Cl)cc2Cl)CC1. The van der Waals surface area contributed by atoms with E-state index in [2.05, 4.69) is 32.5 Å². The van der Waals surface area contributed by atoms with Crippen LogP contribution < -0.4 is 0 Å². The molecule has 24 heavy (non-hydrogen) atoms. The first-order valence-electron chi connectivity index (χ1n) is 8.54. The lowest BCUT2D eigenvalue weighted by molar-refractivity contribution is 0.124. The van der Waals surface area contributed by atoms with E-state index in [1.165, 1.54) is 5.82 Å². The van der Waals surface area contributed by atoms with Crippen molar-refractivity contribution in [3.05, 3.63) is 52.0 Å². The Morgan fingerprint density at radius 1 is 1.04 bits per heavy atom. The molecular formula is C18H24Cl2N4. The number of hydrogen-bond donors (Lipinski definition) is 0. The van der Waals surface area contributed by atoms with Gasteiger partial charge in [0, 0.05) is 74.7 Å². The number of aryl methyl sites for hydroxylation is 1. The van der Waals surface area contributed by atoms with Crippen LogP contribution in [0.4, 0.5) is 0 Å². The summed E-state index contributed by atoms with van der Waals surface area (Å²) in [5.74, 6) is 1.17. The lowest BCUT2D eigenvalue weighted by Gasteiger charge is -2.35. The molecule has 1 saturated heterocycles. The number of rotatable bonds is 6. The van der Waals surface area contributed by atoms with Gasteiger partial charge in [0.2, 0.25) is 0 Å². The summed E-state index contributed by atoms with van der Waals surface area (Å²) < 4.78 is 2.26. The largest absolute Gasteiger partial charge is 0.334 e. The smallest absolute Gasteiger partial charge is 0.108 e. The molecule has 130 valence electrons. The van der Waals surface area contributed by atoms with Crippen molar-refractivity contribution in [2.75, 3.05) is 32.7 Å². The van der Waals surface area contributed by atoms with Crippen molar-refractivity contribution in [3.63, 3.8) is 0 Å². The maximum atomic E-state index is 6.28. The molecular weight excluding hydrogens is 343 g/mol. The van der Waals surface area contributed by atoms with Gasteiger partial charge in [-0.3, -0.25) is 9.80 Å². The summed E-state index contributed by atoms with van der Waals surface area (Å²) in [4.78, 5) is 9.37. The average Bonchev–Trinajstić information content (AvgIpc) is 3.04. The number of hydrogen-bond acceptors (Lipinski definition) is 3. The van der Waals surface area contributed by atoms with Crippen molar-refractivity contribution in [2.24, 2.45) is 0 Å². The number of benzene rings is 1. The number of piperazine rings is 1. The Kier molecular flexibility index (Phi) is 6.17. The first-order chi connectivity index (χ1) is 11.7. The fourth-order valence-corrected chi connectivity index (χ4v) is 3.64. The van der Waals surface area contributed by atoms with E-state index >= 15 is 0 Å². The molecule has 0 atom stereocenters. The zero-order valence-corrected chi connectivity index (χ0v) is 15.6. The molecule has 2 heterocycles. The Bertz CT molecular complexity index is 663. The minimum atomic E-state index is 0.694. The second-order valence-electron chi connectivity index (χ2n) is 6.24. The summed E-state index contributed by atoms with van der Waals surface area (Å²) in [5, 5.41) is 1.46. The van der Waals surface area contributed by atoms with Crippen LogP contribution in [0.1, 0.15) is 18.3 Å². The molecule has 4 nitrogen and oxygen atoms in total. The van der Waals surface area contributed by atoms with Crippen LogP contribution in [-0.2, 0) is 19.5 Å². The first kappa shape index (κ1) is 17.7. The molecule has 1 fully saturated rings. The van der Waals surface area contributed by atoms with Crippen molar-refractivity contribution in [2.45, 2.75) is 26.4 Å². The predicted octanol–water partition coefficient (Wildman–Crippen LogP) is 3.57. The van der Waals surface area contributed by atoms with E-state index in [0.717, 1.165) is 62.8 Å². The van der Waals surface area contributed by atoms with E-state index in [1.807, 2.05) is 24.4 Å². The molecule has 0 radical (unpaired) electrons. The fraction of sp³-hybridized carbons (Fsp3) is 0.500. The van der Waals surface area contributed by atoms with E-state index in [9.17, 15) is 0 Å². The molecule has 0 amide bonds. The van der Waals surface area contributed by atoms with Gasteiger partial charge in [-0.2, -0.15) is 0 Å². The maximum absolute atomic E-state index is 6.28. The number of aromatic nitrogens is 2. The van der Waals surface area contributed by atoms with Gasteiger partial charge in [-0.25, -0.2) is 4.98 Å². The molecule has 0 bridgehead atoms. The summed E-state index contributed by atoms with van der Waals surface area (Å²) in [7, 11) is 0. The topological polar surface area (TPSA) is 24.3 Å². The molecule has 0 aliphatic carbocycles. The first-order valence-corrected chi connectivity index (χ1v) is 9.30. The van der Waals surface area contributed by atoms with Gasteiger partial charge in [0.15, 0.2) is 0 Å². The average molecular weight is 367 g/mol. The summed E-state index contributed by atoms with van der Waals surface area (Å²) in [5.41, 5.74) is 1.15. The van der Waals surface area contributed by atoms with Crippen LogP contribution in [0.5, 0.6) is 0 Å². The zero-order chi connectivity index (χ0) is 16.9. The third-order valence-electron chi connectivity index (χ3n) is 4.65. The van der Waals surface area contributed by atoms with Gasteiger partial charge in [0.25, 0.3) is 0 Å². The molecule has 1 aliphatic rings. The molecule has 0 unspecified atom stereocenters. The molecule has 1 aromatic carbocycles. The Morgan fingerprint density at radius 3 is 2.50 bits per heavy atom. The van der Waals surface area contributed by atoms with Crippen LogP contribution >= 0.6 is 23.2 Å². The highest BCUT2D eigenvalue weighted by molar-refractivity contribution is 6.35. The second kappa shape index (κ2) is 8.34. The zero-order valence-electron chi connectivity index (χ0n) is 14.1. The van der Waals surface area contributed by atoms with Gasteiger partial charge in [-0.05, 0) is 17.7 Å². The predicted molar refractivity (Wildman–Crippen MR) is 99.8 cm³/mol. The number of imidazole rings is 1. The maximum Gasteiger partial charge on any atom is 0.108 e. The summed E-state index contributed by atoms with van der Waals surface area (Å²) in [6.07, 6.45) is 4.97. The van der Waals surface area contributed by atoms with Gasteiger partial charge < -0.3 is 4.57 Å². The lowest BCUT2D eigenvalue weighted by atomic mass is 10.2. The Morgan fingerprint density at radius 2 is 1.79 bits per heavy atom. The normalized spacial score (nSPS) is 16.6. The van der Waals surface area contributed by atoms with Gasteiger partial charge >= 0.3 is 0 Å². The number of halogens is 2. The van der Waals surface area contributed by atoms with Crippen LogP contribution in [0.25, 0.3) is 0 Å². The van der Waals surface area contributed by atoms with Gasteiger partial charge in [-0.1, -0.05) is 36.2 Å². The third-order valence-corrected chi connectivity index (χ3v) is 5.24. The van der Waals surface area contributed by atoms with Crippen molar-refractivity contribution in [3.8, 4) is 0 Å².